The second-order valence-corrected chi connectivity index (χ2v) is 7.17. The summed E-state index contributed by atoms with van der Waals surface area (Å²) in [6.07, 6.45) is -4.45. The molecule has 126 valence electrons. The van der Waals surface area contributed by atoms with Gasteiger partial charge in [-0.1, -0.05) is 18.2 Å². The van der Waals surface area contributed by atoms with E-state index in [2.05, 4.69) is 0 Å². The molecule has 0 radical (unpaired) electrons. The highest BCUT2D eigenvalue weighted by atomic mass is 19.4. The van der Waals surface area contributed by atoms with Crippen LogP contribution in [0.4, 0.5) is 13.2 Å². The van der Waals surface area contributed by atoms with Gasteiger partial charge in [0.05, 0.1) is 30.0 Å². The first-order valence-corrected chi connectivity index (χ1v) is 7.66. The normalized spacial score (nSPS) is 23.9. The zero-order valence-corrected chi connectivity index (χ0v) is 13.7. The second-order valence-electron chi connectivity index (χ2n) is 7.17. The third-order valence-electron chi connectivity index (χ3n) is 5.00. The van der Waals surface area contributed by atoms with Crippen molar-refractivity contribution in [2.24, 2.45) is 0 Å². The van der Waals surface area contributed by atoms with Gasteiger partial charge in [-0.15, -0.1) is 0 Å². The molecule has 2 fully saturated rings. The summed E-state index contributed by atoms with van der Waals surface area (Å²) in [5.41, 5.74) is -1.21. The highest BCUT2D eigenvalue weighted by Crippen LogP contribution is 2.38. The summed E-state index contributed by atoms with van der Waals surface area (Å²) in [6.45, 7) is 8.36. The zero-order valence-electron chi connectivity index (χ0n) is 13.7. The highest BCUT2D eigenvalue weighted by molar-refractivity contribution is 6.62. The molecule has 1 aromatic carbocycles. The molecule has 0 unspecified atom stereocenters. The Labute approximate surface area is 134 Å². The lowest BCUT2D eigenvalue weighted by Crippen LogP contribution is -2.41. The smallest absolute Gasteiger partial charge is 0.399 e. The number of ether oxygens (including phenoxy) is 1. The summed E-state index contributed by atoms with van der Waals surface area (Å²) in [5.74, 6) is 0.137. The minimum atomic E-state index is -4.45. The van der Waals surface area contributed by atoms with Gasteiger partial charge in [-0.25, -0.2) is 0 Å². The van der Waals surface area contributed by atoms with Crippen LogP contribution in [0.15, 0.2) is 18.2 Å². The van der Waals surface area contributed by atoms with E-state index in [-0.39, 0.29) is 11.4 Å². The molecule has 2 saturated heterocycles. The number of halogens is 3. The Morgan fingerprint density at radius 2 is 1.61 bits per heavy atom. The predicted octanol–water partition coefficient (Wildman–Crippen LogP) is 3.12. The van der Waals surface area contributed by atoms with E-state index in [1.54, 1.807) is 6.07 Å². The van der Waals surface area contributed by atoms with Crippen molar-refractivity contribution < 1.29 is 27.2 Å². The van der Waals surface area contributed by atoms with E-state index in [1.807, 2.05) is 27.7 Å². The van der Waals surface area contributed by atoms with Crippen LogP contribution in [0.1, 0.15) is 44.7 Å². The van der Waals surface area contributed by atoms with Crippen molar-refractivity contribution in [3.05, 3.63) is 29.3 Å². The number of hydrogen-bond donors (Lipinski definition) is 0. The molecular formula is C16H20BF3O3. The van der Waals surface area contributed by atoms with Crippen LogP contribution in [0.25, 0.3) is 0 Å². The Morgan fingerprint density at radius 1 is 1.04 bits per heavy atom. The SMILES string of the molecule is CC1(C)OB(c2cc(C3COC3)ccc2C(F)(F)F)OC1(C)C. The molecule has 0 saturated carbocycles. The van der Waals surface area contributed by atoms with Gasteiger partial charge in [-0.2, -0.15) is 13.2 Å². The number of benzene rings is 1. The van der Waals surface area contributed by atoms with Crippen LogP contribution < -0.4 is 5.46 Å². The average molecular weight is 328 g/mol. The molecule has 1 aromatic rings. The van der Waals surface area contributed by atoms with Crippen molar-refractivity contribution in [1.29, 1.82) is 0 Å². The molecule has 0 N–H and O–H groups in total. The van der Waals surface area contributed by atoms with Crippen LogP contribution in [0.5, 0.6) is 0 Å². The van der Waals surface area contributed by atoms with Gasteiger partial charge in [0.1, 0.15) is 0 Å². The fraction of sp³-hybridized carbons (Fsp3) is 0.625. The Bertz CT molecular complexity index is 593. The lowest BCUT2D eigenvalue weighted by Gasteiger charge is -2.32. The van der Waals surface area contributed by atoms with Crippen LogP contribution in [-0.2, 0) is 20.2 Å². The highest BCUT2D eigenvalue weighted by Gasteiger charge is 2.53. The fourth-order valence-corrected chi connectivity index (χ4v) is 2.69. The molecular weight excluding hydrogens is 308 g/mol. The first-order valence-electron chi connectivity index (χ1n) is 7.66. The average Bonchev–Trinajstić information content (AvgIpc) is 2.55. The molecule has 23 heavy (non-hydrogen) atoms. The van der Waals surface area contributed by atoms with Crippen LogP contribution in [0.3, 0.4) is 0 Å². The molecule has 2 heterocycles. The van der Waals surface area contributed by atoms with Crippen molar-refractivity contribution in [3.8, 4) is 0 Å². The van der Waals surface area contributed by atoms with E-state index in [0.717, 1.165) is 11.6 Å². The number of rotatable bonds is 2. The van der Waals surface area contributed by atoms with Crippen molar-refractivity contribution in [3.63, 3.8) is 0 Å². The largest absolute Gasteiger partial charge is 0.495 e. The monoisotopic (exact) mass is 328 g/mol. The molecule has 0 atom stereocenters. The molecule has 0 bridgehead atoms. The second kappa shape index (κ2) is 5.23. The zero-order chi connectivity index (χ0) is 17.0. The third kappa shape index (κ3) is 2.90. The maximum atomic E-state index is 13.4. The quantitative estimate of drug-likeness (QED) is 0.781. The van der Waals surface area contributed by atoms with E-state index in [1.165, 1.54) is 6.07 Å². The number of alkyl halides is 3. The van der Waals surface area contributed by atoms with Gasteiger partial charge in [0.25, 0.3) is 0 Å². The first kappa shape index (κ1) is 16.8. The standard InChI is InChI=1S/C16H20BF3O3/c1-14(2)15(3,4)23-17(22-14)13-7-10(11-8-21-9-11)5-6-12(13)16(18,19)20/h5-7,11H,8-9H2,1-4H3. The van der Waals surface area contributed by atoms with Crippen molar-refractivity contribution >= 4 is 12.6 Å². The number of hydrogen-bond acceptors (Lipinski definition) is 3. The Hall–Kier alpha value is -1.05. The lowest BCUT2D eigenvalue weighted by atomic mass is 9.74. The minimum Gasteiger partial charge on any atom is -0.399 e. The summed E-state index contributed by atoms with van der Waals surface area (Å²) in [5, 5.41) is 0. The maximum Gasteiger partial charge on any atom is 0.495 e. The van der Waals surface area contributed by atoms with Gasteiger partial charge < -0.3 is 14.0 Å². The van der Waals surface area contributed by atoms with Gasteiger partial charge in [-0.3, -0.25) is 0 Å². The third-order valence-corrected chi connectivity index (χ3v) is 5.00. The van der Waals surface area contributed by atoms with Gasteiger partial charge in [0, 0.05) is 5.92 Å². The Morgan fingerprint density at radius 3 is 2.04 bits per heavy atom. The molecule has 3 nitrogen and oxygen atoms in total. The van der Waals surface area contributed by atoms with E-state index >= 15 is 0 Å². The summed E-state index contributed by atoms with van der Waals surface area (Å²) in [4.78, 5) is 0. The van der Waals surface area contributed by atoms with Crippen LogP contribution in [-0.4, -0.2) is 31.5 Å². The van der Waals surface area contributed by atoms with Crippen LogP contribution in [0.2, 0.25) is 0 Å². The minimum absolute atomic E-state index is 0.0422. The van der Waals surface area contributed by atoms with Gasteiger partial charge in [-0.05, 0) is 38.7 Å². The summed E-state index contributed by atoms with van der Waals surface area (Å²) >= 11 is 0. The molecule has 0 amide bonds. The van der Waals surface area contributed by atoms with E-state index in [9.17, 15) is 13.2 Å². The molecule has 2 aliphatic heterocycles. The molecule has 0 aromatic heterocycles. The predicted molar refractivity (Wildman–Crippen MR) is 80.7 cm³/mol. The van der Waals surface area contributed by atoms with E-state index < -0.39 is 30.1 Å². The Kier molecular flexibility index (Phi) is 3.82. The molecule has 2 aliphatic rings. The molecule has 3 rings (SSSR count). The van der Waals surface area contributed by atoms with Crippen LogP contribution in [0, 0.1) is 0 Å². The van der Waals surface area contributed by atoms with Gasteiger partial charge in [0.2, 0.25) is 0 Å². The van der Waals surface area contributed by atoms with Crippen molar-refractivity contribution in [2.45, 2.75) is 51.0 Å². The summed E-state index contributed by atoms with van der Waals surface area (Å²) in [7, 11) is -1.03. The van der Waals surface area contributed by atoms with E-state index in [4.69, 9.17) is 14.0 Å². The first-order chi connectivity index (χ1) is 10.5. The maximum absolute atomic E-state index is 13.4. The van der Waals surface area contributed by atoms with Crippen LogP contribution >= 0.6 is 0 Å². The lowest BCUT2D eigenvalue weighted by molar-refractivity contribution is -0.136. The van der Waals surface area contributed by atoms with Gasteiger partial charge >= 0.3 is 13.3 Å². The molecule has 0 spiro atoms. The van der Waals surface area contributed by atoms with Crippen molar-refractivity contribution in [1.82, 2.24) is 0 Å². The summed E-state index contributed by atoms with van der Waals surface area (Å²) < 4.78 is 56.9. The van der Waals surface area contributed by atoms with Gasteiger partial charge in [0.15, 0.2) is 0 Å². The van der Waals surface area contributed by atoms with Crippen molar-refractivity contribution in [2.75, 3.05) is 13.2 Å². The molecule has 0 aliphatic carbocycles. The Balaban J connectivity index is 2.02. The topological polar surface area (TPSA) is 27.7 Å². The fourth-order valence-electron chi connectivity index (χ4n) is 2.69. The summed E-state index contributed by atoms with van der Waals surface area (Å²) in [6, 6.07) is 4.19. The molecule has 7 heteroatoms. The van der Waals surface area contributed by atoms with E-state index in [0.29, 0.717) is 13.2 Å².